The molecular weight excluding hydrogens is 271 g/mol. The first-order valence-corrected chi connectivity index (χ1v) is 5.28. The Kier molecular flexibility index (Phi) is 3.56. The molecule has 20 heavy (non-hydrogen) atoms. The summed E-state index contributed by atoms with van der Waals surface area (Å²) in [4.78, 5) is 24.6. The lowest BCUT2D eigenvalue weighted by molar-refractivity contribution is -0.386. The highest BCUT2D eigenvalue weighted by Gasteiger charge is 2.21. The van der Waals surface area contributed by atoms with Gasteiger partial charge in [-0.3, -0.25) is 15.1 Å². The SMILES string of the molecule is O=C(O)c1c(F)cccc1Oc1ccncc1[N+](=O)[O-]. The van der Waals surface area contributed by atoms with Gasteiger partial charge in [-0.05, 0) is 12.1 Å². The first-order chi connectivity index (χ1) is 9.50. The molecule has 0 fully saturated rings. The van der Waals surface area contributed by atoms with Crippen molar-refractivity contribution >= 4 is 11.7 Å². The molecular formula is C12H7FN2O5. The Morgan fingerprint density at radius 3 is 2.75 bits per heavy atom. The van der Waals surface area contributed by atoms with Crippen LogP contribution in [-0.2, 0) is 0 Å². The maximum atomic E-state index is 13.5. The lowest BCUT2D eigenvalue weighted by Gasteiger charge is -2.09. The number of hydrogen-bond acceptors (Lipinski definition) is 5. The van der Waals surface area contributed by atoms with Crippen molar-refractivity contribution in [3.63, 3.8) is 0 Å². The van der Waals surface area contributed by atoms with Crippen LogP contribution >= 0.6 is 0 Å². The van der Waals surface area contributed by atoms with Crippen LogP contribution in [0.3, 0.4) is 0 Å². The smallest absolute Gasteiger partial charge is 0.342 e. The molecule has 0 radical (unpaired) electrons. The van der Waals surface area contributed by atoms with E-state index in [-0.39, 0.29) is 11.5 Å². The van der Waals surface area contributed by atoms with Gasteiger partial charge in [-0.15, -0.1) is 0 Å². The third-order valence-corrected chi connectivity index (χ3v) is 2.37. The maximum absolute atomic E-state index is 13.5. The molecule has 8 heteroatoms. The van der Waals surface area contributed by atoms with Crippen LogP contribution in [0, 0.1) is 15.9 Å². The predicted molar refractivity (Wildman–Crippen MR) is 64.3 cm³/mol. The molecule has 7 nitrogen and oxygen atoms in total. The average Bonchev–Trinajstić information content (AvgIpc) is 2.38. The van der Waals surface area contributed by atoms with Crippen molar-refractivity contribution in [2.45, 2.75) is 0 Å². The van der Waals surface area contributed by atoms with Gasteiger partial charge in [0.2, 0.25) is 5.75 Å². The van der Waals surface area contributed by atoms with E-state index < -0.39 is 28.0 Å². The van der Waals surface area contributed by atoms with Crippen LogP contribution in [-0.4, -0.2) is 21.0 Å². The van der Waals surface area contributed by atoms with Crippen LogP contribution in [0.4, 0.5) is 10.1 Å². The third-order valence-electron chi connectivity index (χ3n) is 2.37. The molecule has 0 atom stereocenters. The van der Waals surface area contributed by atoms with Gasteiger partial charge in [0.15, 0.2) is 0 Å². The molecule has 102 valence electrons. The zero-order chi connectivity index (χ0) is 14.7. The number of pyridine rings is 1. The summed E-state index contributed by atoms with van der Waals surface area (Å²) in [5.41, 5.74) is -1.15. The van der Waals surface area contributed by atoms with Crippen molar-refractivity contribution < 1.29 is 24.0 Å². The number of nitrogens with zero attached hydrogens (tertiary/aromatic N) is 2. The summed E-state index contributed by atoms with van der Waals surface area (Å²) < 4.78 is 18.6. The van der Waals surface area contributed by atoms with Crippen molar-refractivity contribution in [2.24, 2.45) is 0 Å². The second kappa shape index (κ2) is 5.31. The molecule has 0 amide bonds. The maximum Gasteiger partial charge on any atom is 0.342 e. The Balaban J connectivity index is 2.49. The van der Waals surface area contributed by atoms with Crippen molar-refractivity contribution in [1.82, 2.24) is 4.98 Å². The lowest BCUT2D eigenvalue weighted by atomic mass is 10.2. The van der Waals surface area contributed by atoms with Crippen LogP contribution in [0.5, 0.6) is 11.5 Å². The Morgan fingerprint density at radius 2 is 2.10 bits per heavy atom. The van der Waals surface area contributed by atoms with Gasteiger partial charge in [0.05, 0.1) is 4.92 Å². The summed E-state index contributed by atoms with van der Waals surface area (Å²) in [5.74, 6) is -3.08. The van der Waals surface area contributed by atoms with Crippen molar-refractivity contribution in [3.8, 4) is 11.5 Å². The number of carboxylic acids is 1. The fourth-order valence-corrected chi connectivity index (χ4v) is 1.51. The molecule has 1 N–H and O–H groups in total. The molecule has 1 heterocycles. The molecule has 0 aliphatic heterocycles. The summed E-state index contributed by atoms with van der Waals surface area (Å²) in [6.07, 6.45) is 2.19. The molecule has 0 bridgehead atoms. The monoisotopic (exact) mass is 278 g/mol. The minimum atomic E-state index is -1.53. The highest BCUT2D eigenvalue weighted by atomic mass is 19.1. The fourth-order valence-electron chi connectivity index (χ4n) is 1.51. The van der Waals surface area contributed by atoms with Crippen LogP contribution in [0.1, 0.15) is 10.4 Å². The molecule has 0 saturated carbocycles. The molecule has 2 aromatic rings. The zero-order valence-corrected chi connectivity index (χ0v) is 9.82. The highest BCUT2D eigenvalue weighted by molar-refractivity contribution is 5.91. The Labute approximate surface area is 111 Å². The number of hydrogen-bond donors (Lipinski definition) is 1. The van der Waals surface area contributed by atoms with Gasteiger partial charge in [0.25, 0.3) is 0 Å². The van der Waals surface area contributed by atoms with Gasteiger partial charge in [-0.1, -0.05) is 6.07 Å². The summed E-state index contributed by atoms with van der Waals surface area (Å²) in [5, 5.41) is 19.7. The van der Waals surface area contributed by atoms with Crippen molar-refractivity contribution in [1.29, 1.82) is 0 Å². The van der Waals surface area contributed by atoms with E-state index in [1.165, 1.54) is 24.4 Å². The third kappa shape index (κ3) is 2.53. The number of carbonyl (C=O) groups is 1. The first-order valence-electron chi connectivity index (χ1n) is 5.28. The topological polar surface area (TPSA) is 103 Å². The van der Waals surface area contributed by atoms with Gasteiger partial charge in [0, 0.05) is 12.3 Å². The number of aromatic nitrogens is 1. The van der Waals surface area contributed by atoms with E-state index in [0.29, 0.717) is 0 Å². The number of aromatic carboxylic acids is 1. The fraction of sp³-hybridized carbons (Fsp3) is 0. The number of carboxylic acid groups (broad SMARTS) is 1. The van der Waals surface area contributed by atoms with Crippen LogP contribution in [0.2, 0.25) is 0 Å². The van der Waals surface area contributed by atoms with Crippen molar-refractivity contribution in [3.05, 3.63) is 58.2 Å². The van der Waals surface area contributed by atoms with Gasteiger partial charge in [0.1, 0.15) is 23.3 Å². The van der Waals surface area contributed by atoms with E-state index in [0.717, 1.165) is 12.3 Å². The molecule has 0 unspecified atom stereocenters. The Morgan fingerprint density at radius 1 is 1.35 bits per heavy atom. The molecule has 1 aromatic carbocycles. The van der Waals surface area contributed by atoms with Crippen LogP contribution < -0.4 is 4.74 Å². The average molecular weight is 278 g/mol. The van der Waals surface area contributed by atoms with E-state index >= 15 is 0 Å². The van der Waals surface area contributed by atoms with Gasteiger partial charge in [-0.2, -0.15) is 0 Å². The summed E-state index contributed by atoms with van der Waals surface area (Å²) >= 11 is 0. The number of nitro groups is 1. The zero-order valence-electron chi connectivity index (χ0n) is 9.82. The molecule has 2 rings (SSSR count). The van der Waals surface area contributed by atoms with E-state index in [1.54, 1.807) is 0 Å². The number of benzene rings is 1. The van der Waals surface area contributed by atoms with E-state index in [9.17, 15) is 19.3 Å². The molecule has 0 aliphatic carbocycles. The van der Waals surface area contributed by atoms with E-state index in [2.05, 4.69) is 4.98 Å². The van der Waals surface area contributed by atoms with E-state index in [1.807, 2.05) is 0 Å². The predicted octanol–water partition coefficient (Wildman–Crippen LogP) is 2.62. The second-order valence-electron chi connectivity index (χ2n) is 3.62. The summed E-state index contributed by atoms with van der Waals surface area (Å²) in [6.45, 7) is 0. The summed E-state index contributed by atoms with van der Waals surface area (Å²) in [6, 6.07) is 4.59. The standard InChI is InChI=1S/C12H7FN2O5/c13-7-2-1-3-10(11(7)12(16)17)20-9-4-5-14-6-8(9)15(18)19/h1-6H,(H,16,17). The number of halogens is 1. The first kappa shape index (κ1) is 13.4. The molecule has 0 spiro atoms. The minimum Gasteiger partial charge on any atom is -0.477 e. The number of rotatable bonds is 4. The van der Waals surface area contributed by atoms with Crippen LogP contribution in [0.15, 0.2) is 36.7 Å². The molecule has 0 saturated heterocycles. The van der Waals surface area contributed by atoms with E-state index in [4.69, 9.17) is 9.84 Å². The Bertz CT molecular complexity index is 689. The van der Waals surface area contributed by atoms with Gasteiger partial charge >= 0.3 is 11.7 Å². The quantitative estimate of drug-likeness (QED) is 0.681. The second-order valence-corrected chi connectivity index (χ2v) is 3.62. The lowest BCUT2D eigenvalue weighted by Crippen LogP contribution is -2.04. The molecule has 1 aromatic heterocycles. The largest absolute Gasteiger partial charge is 0.477 e. The molecule has 0 aliphatic rings. The van der Waals surface area contributed by atoms with Gasteiger partial charge < -0.3 is 9.84 Å². The van der Waals surface area contributed by atoms with Crippen molar-refractivity contribution in [2.75, 3.05) is 0 Å². The summed E-state index contributed by atoms with van der Waals surface area (Å²) in [7, 11) is 0. The van der Waals surface area contributed by atoms with Crippen LogP contribution in [0.25, 0.3) is 0 Å². The Hall–Kier alpha value is -3.03. The van der Waals surface area contributed by atoms with Gasteiger partial charge in [-0.25, -0.2) is 9.18 Å². The highest BCUT2D eigenvalue weighted by Crippen LogP contribution is 2.32. The number of ether oxygens (including phenoxy) is 1. The normalized spacial score (nSPS) is 10.1. The minimum absolute atomic E-state index is 0.224.